The summed E-state index contributed by atoms with van der Waals surface area (Å²) in [5.41, 5.74) is -0.191. The van der Waals surface area contributed by atoms with Crippen molar-refractivity contribution in [2.24, 2.45) is 0 Å². The summed E-state index contributed by atoms with van der Waals surface area (Å²) in [6.07, 6.45) is 4.42. The van der Waals surface area contributed by atoms with E-state index >= 15 is 0 Å². The monoisotopic (exact) mass is 390 g/mol. The topological polar surface area (TPSA) is 76.4 Å². The molecule has 0 bridgehead atoms. The Morgan fingerprint density at radius 1 is 1.26 bits per heavy atom. The standard InChI is InChI=1S/C20H27ClN4O2/c1-15(19(27)25(3)20(14-22)11-7-4-8-12-20)24(2)13-18(26)23-17-10-6-5-9-16(17)21/h5-6,9-10,15H,4,7-8,11-13H2,1-3H3,(H,23,26)/t15-/m1/s1. The molecule has 146 valence electrons. The number of anilines is 1. The van der Waals surface area contributed by atoms with Crippen molar-refractivity contribution in [2.45, 2.75) is 50.6 Å². The van der Waals surface area contributed by atoms with E-state index in [0.29, 0.717) is 23.6 Å². The van der Waals surface area contributed by atoms with E-state index in [1.807, 2.05) is 0 Å². The highest BCUT2D eigenvalue weighted by Crippen LogP contribution is 2.33. The van der Waals surface area contributed by atoms with Crippen molar-refractivity contribution >= 4 is 29.1 Å². The summed E-state index contributed by atoms with van der Waals surface area (Å²) in [6, 6.07) is 8.85. The number of hydrogen-bond donors (Lipinski definition) is 1. The van der Waals surface area contributed by atoms with Gasteiger partial charge in [0.1, 0.15) is 5.54 Å². The summed E-state index contributed by atoms with van der Waals surface area (Å²) in [5, 5.41) is 12.9. The van der Waals surface area contributed by atoms with Crippen LogP contribution in [-0.4, -0.2) is 53.8 Å². The normalized spacial score (nSPS) is 17.0. The molecule has 1 aliphatic rings. The van der Waals surface area contributed by atoms with Crippen LogP contribution in [0.1, 0.15) is 39.0 Å². The summed E-state index contributed by atoms with van der Waals surface area (Å²) in [4.78, 5) is 28.5. The van der Waals surface area contributed by atoms with Gasteiger partial charge in [-0.2, -0.15) is 5.26 Å². The number of benzene rings is 1. The quantitative estimate of drug-likeness (QED) is 0.808. The number of amides is 2. The average molecular weight is 391 g/mol. The summed E-state index contributed by atoms with van der Waals surface area (Å²) < 4.78 is 0. The van der Waals surface area contributed by atoms with E-state index in [1.165, 1.54) is 0 Å². The van der Waals surface area contributed by atoms with Crippen molar-refractivity contribution in [1.82, 2.24) is 9.80 Å². The van der Waals surface area contributed by atoms with Gasteiger partial charge < -0.3 is 10.2 Å². The number of nitrogens with zero attached hydrogens (tertiary/aromatic N) is 3. The predicted octanol–water partition coefficient (Wildman–Crippen LogP) is 3.28. The third-order valence-corrected chi connectivity index (χ3v) is 5.75. The van der Waals surface area contributed by atoms with Gasteiger partial charge in [0.05, 0.1) is 29.4 Å². The van der Waals surface area contributed by atoms with Crippen LogP contribution in [0.5, 0.6) is 0 Å². The van der Waals surface area contributed by atoms with Crippen molar-refractivity contribution in [1.29, 1.82) is 5.26 Å². The van der Waals surface area contributed by atoms with Gasteiger partial charge in [-0.25, -0.2) is 0 Å². The van der Waals surface area contributed by atoms with E-state index in [2.05, 4.69) is 11.4 Å². The first kappa shape index (κ1) is 21.2. The van der Waals surface area contributed by atoms with Gasteiger partial charge in [0, 0.05) is 7.05 Å². The molecule has 7 heteroatoms. The number of carbonyl (C=O) groups excluding carboxylic acids is 2. The van der Waals surface area contributed by atoms with Gasteiger partial charge in [-0.3, -0.25) is 14.5 Å². The van der Waals surface area contributed by atoms with Crippen molar-refractivity contribution in [2.75, 3.05) is 26.0 Å². The lowest BCUT2D eigenvalue weighted by molar-refractivity contribution is -0.140. The Balaban J connectivity index is 1.98. The largest absolute Gasteiger partial charge is 0.326 e. The lowest BCUT2D eigenvalue weighted by Crippen LogP contribution is -2.55. The number of halogens is 1. The smallest absolute Gasteiger partial charge is 0.240 e. The highest BCUT2D eigenvalue weighted by molar-refractivity contribution is 6.33. The third kappa shape index (κ3) is 5.00. The van der Waals surface area contributed by atoms with E-state index in [9.17, 15) is 14.9 Å². The molecule has 1 saturated carbocycles. The van der Waals surface area contributed by atoms with E-state index in [1.54, 1.807) is 55.1 Å². The zero-order valence-corrected chi connectivity index (χ0v) is 16.9. The molecule has 1 aromatic rings. The Bertz CT molecular complexity index is 725. The minimum atomic E-state index is -0.732. The molecule has 27 heavy (non-hydrogen) atoms. The number of nitriles is 1. The highest BCUT2D eigenvalue weighted by atomic mass is 35.5. The minimum Gasteiger partial charge on any atom is -0.326 e. The van der Waals surface area contributed by atoms with Gasteiger partial charge in [-0.15, -0.1) is 0 Å². The molecular formula is C20H27ClN4O2. The second kappa shape index (κ2) is 9.20. The van der Waals surface area contributed by atoms with Crippen LogP contribution >= 0.6 is 11.6 Å². The van der Waals surface area contributed by atoms with Crippen molar-refractivity contribution in [3.05, 3.63) is 29.3 Å². The Morgan fingerprint density at radius 2 is 1.89 bits per heavy atom. The Kier molecular flexibility index (Phi) is 7.23. The molecule has 1 aliphatic carbocycles. The SMILES string of the molecule is C[C@H](C(=O)N(C)C1(C#N)CCCCC1)N(C)CC(=O)Nc1ccccc1Cl. The van der Waals surface area contributed by atoms with E-state index in [-0.39, 0.29) is 18.4 Å². The maximum absolute atomic E-state index is 12.9. The first-order valence-corrected chi connectivity index (χ1v) is 9.62. The Labute approximate surface area is 166 Å². The Hall–Kier alpha value is -2.10. The van der Waals surface area contributed by atoms with Gasteiger partial charge in [0.2, 0.25) is 11.8 Å². The lowest BCUT2D eigenvalue weighted by Gasteiger charge is -2.41. The van der Waals surface area contributed by atoms with Crippen LogP contribution in [0.15, 0.2) is 24.3 Å². The third-order valence-electron chi connectivity index (χ3n) is 5.42. The summed E-state index contributed by atoms with van der Waals surface area (Å²) in [5.74, 6) is -0.396. The molecule has 0 saturated heterocycles. The highest BCUT2D eigenvalue weighted by Gasteiger charge is 2.40. The van der Waals surface area contributed by atoms with Crippen molar-refractivity contribution in [3.8, 4) is 6.07 Å². The zero-order valence-electron chi connectivity index (χ0n) is 16.2. The van der Waals surface area contributed by atoms with Crippen LogP contribution in [0.25, 0.3) is 0 Å². The number of para-hydroxylation sites is 1. The summed E-state index contributed by atoms with van der Waals surface area (Å²) in [7, 11) is 3.42. The van der Waals surface area contributed by atoms with E-state index in [0.717, 1.165) is 19.3 Å². The number of rotatable bonds is 6. The van der Waals surface area contributed by atoms with Gasteiger partial charge in [-0.05, 0) is 38.9 Å². The maximum Gasteiger partial charge on any atom is 0.240 e. The number of carbonyl (C=O) groups is 2. The molecule has 1 N–H and O–H groups in total. The molecule has 6 nitrogen and oxygen atoms in total. The molecule has 0 spiro atoms. The number of hydrogen-bond acceptors (Lipinski definition) is 4. The van der Waals surface area contributed by atoms with E-state index in [4.69, 9.17) is 11.6 Å². The number of likely N-dealkylation sites (N-methyl/N-ethyl adjacent to an activating group) is 2. The first-order valence-electron chi connectivity index (χ1n) is 9.24. The molecule has 1 aromatic carbocycles. The molecule has 0 aliphatic heterocycles. The fourth-order valence-corrected chi connectivity index (χ4v) is 3.64. The van der Waals surface area contributed by atoms with Gasteiger partial charge in [0.25, 0.3) is 0 Å². The second-order valence-corrected chi connectivity index (χ2v) is 7.63. The maximum atomic E-state index is 12.9. The fourth-order valence-electron chi connectivity index (χ4n) is 3.45. The second-order valence-electron chi connectivity index (χ2n) is 7.22. The average Bonchev–Trinajstić information content (AvgIpc) is 2.68. The van der Waals surface area contributed by atoms with Crippen molar-refractivity contribution < 1.29 is 9.59 Å². The Morgan fingerprint density at radius 3 is 2.48 bits per heavy atom. The molecule has 0 heterocycles. The van der Waals surface area contributed by atoms with Gasteiger partial charge in [-0.1, -0.05) is 43.0 Å². The molecular weight excluding hydrogens is 364 g/mol. The van der Waals surface area contributed by atoms with Crippen LogP contribution < -0.4 is 5.32 Å². The molecule has 2 rings (SSSR count). The van der Waals surface area contributed by atoms with Crippen LogP contribution in [0.3, 0.4) is 0 Å². The fraction of sp³-hybridized carbons (Fsp3) is 0.550. The van der Waals surface area contributed by atoms with Gasteiger partial charge >= 0.3 is 0 Å². The molecule has 2 amide bonds. The number of nitrogens with one attached hydrogen (secondary N) is 1. The summed E-state index contributed by atoms with van der Waals surface area (Å²) in [6.45, 7) is 1.81. The zero-order chi connectivity index (χ0) is 20.0. The lowest BCUT2D eigenvalue weighted by atomic mass is 9.81. The molecule has 1 atom stereocenters. The van der Waals surface area contributed by atoms with Crippen LogP contribution in [0.2, 0.25) is 5.02 Å². The predicted molar refractivity (Wildman–Crippen MR) is 106 cm³/mol. The molecule has 0 aromatic heterocycles. The van der Waals surface area contributed by atoms with Crippen LogP contribution in [0.4, 0.5) is 5.69 Å². The first-order chi connectivity index (χ1) is 12.8. The molecule has 0 unspecified atom stereocenters. The van der Waals surface area contributed by atoms with Crippen LogP contribution in [-0.2, 0) is 9.59 Å². The van der Waals surface area contributed by atoms with Crippen LogP contribution in [0, 0.1) is 11.3 Å². The molecule has 0 radical (unpaired) electrons. The molecule has 1 fully saturated rings. The minimum absolute atomic E-state index is 0.0471. The summed E-state index contributed by atoms with van der Waals surface area (Å²) >= 11 is 6.06. The van der Waals surface area contributed by atoms with Crippen molar-refractivity contribution in [3.63, 3.8) is 0 Å². The van der Waals surface area contributed by atoms with E-state index < -0.39 is 11.6 Å². The van der Waals surface area contributed by atoms with Gasteiger partial charge in [0.15, 0.2) is 0 Å².